The second-order valence-corrected chi connectivity index (χ2v) is 10.5. The fourth-order valence-corrected chi connectivity index (χ4v) is 6.28. The van der Waals surface area contributed by atoms with Crippen LogP contribution in [-0.2, 0) is 24.1 Å². The summed E-state index contributed by atoms with van der Waals surface area (Å²) in [6.07, 6.45) is 7.60. The molecule has 2 aromatic heterocycles. The van der Waals surface area contributed by atoms with Crippen LogP contribution < -0.4 is 16.0 Å². The average Bonchev–Trinajstić information content (AvgIpc) is 3.31. The molecular weight excluding hydrogens is 480 g/mol. The van der Waals surface area contributed by atoms with Crippen molar-refractivity contribution in [1.82, 2.24) is 15.3 Å². The Kier molecular flexibility index (Phi) is 8.40. The van der Waals surface area contributed by atoms with Gasteiger partial charge in [-0.25, -0.2) is 9.97 Å². The highest BCUT2D eigenvalue weighted by atomic mass is 32.1. The van der Waals surface area contributed by atoms with Crippen molar-refractivity contribution in [3.63, 3.8) is 0 Å². The molecule has 0 radical (unpaired) electrons. The van der Waals surface area contributed by atoms with Gasteiger partial charge in [-0.3, -0.25) is 0 Å². The molecule has 8 heteroatoms. The molecule has 2 aromatic carbocycles. The fourth-order valence-electron chi connectivity index (χ4n) is 4.98. The van der Waals surface area contributed by atoms with Gasteiger partial charge in [0, 0.05) is 48.2 Å². The van der Waals surface area contributed by atoms with Gasteiger partial charge in [0.15, 0.2) is 0 Å². The Morgan fingerprint density at radius 2 is 2.03 bits per heavy atom. The lowest BCUT2D eigenvalue weighted by atomic mass is 9.86. The summed E-state index contributed by atoms with van der Waals surface area (Å²) in [6, 6.07) is 16.3. The van der Waals surface area contributed by atoms with Crippen LogP contribution in [0.25, 0.3) is 10.2 Å². The van der Waals surface area contributed by atoms with Crippen LogP contribution in [0.4, 0.5) is 17.2 Å². The number of hydrogen-bond acceptors (Lipinski definition) is 8. The number of anilines is 3. The van der Waals surface area contributed by atoms with E-state index in [1.807, 2.05) is 47.7 Å². The molecule has 0 saturated carbocycles. The molecule has 1 atom stereocenters. The minimum absolute atomic E-state index is 0.700. The maximum Gasteiger partial charge on any atom is 0.142 e. The zero-order valence-corrected chi connectivity index (χ0v) is 22.0. The summed E-state index contributed by atoms with van der Waals surface area (Å²) in [5.74, 6) is 1.55. The normalized spacial score (nSPS) is 14.9. The van der Waals surface area contributed by atoms with Crippen molar-refractivity contribution < 1.29 is 4.74 Å². The molecule has 7 nitrogen and oxygen atoms in total. The number of aryl methyl sites for hydroxylation is 1. The smallest absolute Gasteiger partial charge is 0.142 e. The first-order valence-electron chi connectivity index (χ1n) is 12.9. The quantitative estimate of drug-likeness (QED) is 0.142. The Balaban J connectivity index is 1.29. The summed E-state index contributed by atoms with van der Waals surface area (Å²) in [7, 11) is 1.74. The lowest BCUT2D eigenvalue weighted by molar-refractivity contribution is 0.198. The summed E-state index contributed by atoms with van der Waals surface area (Å²) in [5, 5.41) is 19.6. The monoisotopic (exact) mass is 514 g/mol. The van der Waals surface area contributed by atoms with Crippen LogP contribution >= 0.6 is 11.3 Å². The van der Waals surface area contributed by atoms with E-state index in [4.69, 9.17) is 10.1 Å². The van der Waals surface area contributed by atoms with Crippen LogP contribution in [0.2, 0.25) is 0 Å². The van der Waals surface area contributed by atoms with Gasteiger partial charge in [-0.15, -0.1) is 11.3 Å². The number of thiophene rings is 1. The van der Waals surface area contributed by atoms with Gasteiger partial charge in [0.05, 0.1) is 12.0 Å². The van der Waals surface area contributed by atoms with E-state index >= 15 is 0 Å². The number of nitrogens with one attached hydrogen (secondary N) is 4. The molecule has 1 unspecified atom stereocenters. The maximum atomic E-state index is 7.95. The lowest BCUT2D eigenvalue weighted by Gasteiger charge is -2.22. The SMILES string of the molecule is COCCNCCC1CCc2c(sc3ncnc(Nc4ccc(NCc5ccccc5)c(C=N)c4)c23)C1. The van der Waals surface area contributed by atoms with Crippen LogP contribution in [0, 0.1) is 11.3 Å². The van der Waals surface area contributed by atoms with Crippen molar-refractivity contribution in [3.05, 3.63) is 76.4 Å². The van der Waals surface area contributed by atoms with E-state index in [-0.39, 0.29) is 0 Å². The molecule has 1 aliphatic carbocycles. The van der Waals surface area contributed by atoms with E-state index in [1.165, 1.54) is 35.1 Å². The molecule has 5 rings (SSSR count). The number of hydrogen-bond donors (Lipinski definition) is 4. The zero-order valence-electron chi connectivity index (χ0n) is 21.2. The Hall–Kier alpha value is -3.33. The molecule has 4 aromatic rings. The molecular formula is C29H34N6OS. The van der Waals surface area contributed by atoms with Crippen LogP contribution in [0.3, 0.4) is 0 Å². The van der Waals surface area contributed by atoms with Crippen molar-refractivity contribution in [2.45, 2.75) is 32.2 Å². The predicted octanol–water partition coefficient (Wildman–Crippen LogP) is 5.78. The maximum absolute atomic E-state index is 7.95. The summed E-state index contributed by atoms with van der Waals surface area (Å²) < 4.78 is 5.12. The van der Waals surface area contributed by atoms with E-state index in [0.717, 1.165) is 65.5 Å². The lowest BCUT2D eigenvalue weighted by Crippen LogP contribution is -2.24. The van der Waals surface area contributed by atoms with Crippen molar-refractivity contribution in [1.29, 1.82) is 5.41 Å². The van der Waals surface area contributed by atoms with Gasteiger partial charge in [-0.1, -0.05) is 30.3 Å². The molecule has 0 bridgehead atoms. The number of aromatic nitrogens is 2. The molecule has 2 heterocycles. The van der Waals surface area contributed by atoms with Gasteiger partial charge in [0.2, 0.25) is 0 Å². The van der Waals surface area contributed by atoms with Crippen LogP contribution in [-0.4, -0.2) is 43.0 Å². The van der Waals surface area contributed by atoms with Gasteiger partial charge in [0.1, 0.15) is 17.0 Å². The minimum atomic E-state index is 0.700. The minimum Gasteiger partial charge on any atom is -0.383 e. The highest BCUT2D eigenvalue weighted by Crippen LogP contribution is 2.41. The topological polar surface area (TPSA) is 94.9 Å². The predicted molar refractivity (Wildman–Crippen MR) is 154 cm³/mol. The fraction of sp³-hybridized carbons (Fsp3) is 0.345. The van der Waals surface area contributed by atoms with Crippen molar-refractivity contribution in [2.75, 3.05) is 37.4 Å². The van der Waals surface area contributed by atoms with E-state index < -0.39 is 0 Å². The number of fused-ring (bicyclic) bond motifs is 3. The highest BCUT2D eigenvalue weighted by Gasteiger charge is 2.25. The summed E-state index contributed by atoms with van der Waals surface area (Å²) >= 11 is 1.81. The number of rotatable bonds is 12. The third-order valence-electron chi connectivity index (χ3n) is 6.96. The first kappa shape index (κ1) is 25.3. The highest BCUT2D eigenvalue weighted by molar-refractivity contribution is 7.19. The summed E-state index contributed by atoms with van der Waals surface area (Å²) in [4.78, 5) is 11.7. The Labute approximate surface area is 222 Å². The average molecular weight is 515 g/mol. The van der Waals surface area contributed by atoms with E-state index in [9.17, 15) is 0 Å². The largest absolute Gasteiger partial charge is 0.383 e. The molecule has 0 aliphatic heterocycles. The van der Waals surface area contributed by atoms with E-state index in [0.29, 0.717) is 12.5 Å². The molecule has 0 spiro atoms. The van der Waals surface area contributed by atoms with Crippen LogP contribution in [0.15, 0.2) is 54.9 Å². The molecule has 4 N–H and O–H groups in total. The summed E-state index contributed by atoms with van der Waals surface area (Å²) in [6.45, 7) is 3.41. The first-order valence-corrected chi connectivity index (χ1v) is 13.7. The van der Waals surface area contributed by atoms with Gasteiger partial charge >= 0.3 is 0 Å². The Bertz CT molecular complexity index is 1340. The second kappa shape index (κ2) is 12.3. The number of ether oxygens (including phenoxy) is 1. The van der Waals surface area contributed by atoms with Crippen molar-refractivity contribution >= 4 is 45.0 Å². The van der Waals surface area contributed by atoms with Gasteiger partial charge < -0.3 is 26.1 Å². The number of methoxy groups -OCH3 is 1. The van der Waals surface area contributed by atoms with Crippen molar-refractivity contribution in [3.8, 4) is 0 Å². The molecule has 192 valence electrons. The van der Waals surface area contributed by atoms with E-state index in [2.05, 4.69) is 38.1 Å². The van der Waals surface area contributed by atoms with Crippen molar-refractivity contribution in [2.24, 2.45) is 5.92 Å². The first-order chi connectivity index (χ1) is 18.2. The second-order valence-electron chi connectivity index (χ2n) is 9.46. The Morgan fingerprint density at radius 1 is 1.14 bits per heavy atom. The van der Waals surface area contributed by atoms with Crippen LogP contribution in [0.5, 0.6) is 0 Å². The summed E-state index contributed by atoms with van der Waals surface area (Å²) in [5.41, 5.74) is 5.30. The molecule has 0 saturated heterocycles. The number of benzene rings is 2. The zero-order chi connectivity index (χ0) is 25.5. The van der Waals surface area contributed by atoms with Crippen LogP contribution in [0.1, 0.15) is 34.4 Å². The third kappa shape index (κ3) is 6.15. The van der Waals surface area contributed by atoms with Gasteiger partial charge in [-0.05, 0) is 67.5 Å². The van der Waals surface area contributed by atoms with Gasteiger partial charge in [-0.2, -0.15) is 0 Å². The molecule has 1 aliphatic rings. The van der Waals surface area contributed by atoms with Gasteiger partial charge in [0.25, 0.3) is 0 Å². The van der Waals surface area contributed by atoms with E-state index in [1.54, 1.807) is 13.4 Å². The third-order valence-corrected chi connectivity index (χ3v) is 8.12. The standard InChI is InChI=1S/C29H34N6OS/c1-36-14-13-31-12-11-20-7-9-24-26(15-20)37-29-27(24)28(33-19-34-29)35-23-8-10-25(22(16-23)17-30)32-18-21-5-3-2-4-6-21/h2-6,8,10,16-17,19-20,30-32H,7,9,11-15,18H2,1H3,(H,33,34,35). The number of nitrogens with zero attached hydrogens (tertiary/aromatic N) is 2. The Morgan fingerprint density at radius 3 is 2.86 bits per heavy atom. The molecule has 0 fully saturated rings. The molecule has 37 heavy (non-hydrogen) atoms. The molecule has 0 amide bonds.